The molecule has 372 valence electrons. The third kappa shape index (κ3) is 9.14. The van der Waals surface area contributed by atoms with Gasteiger partial charge in [0.05, 0.1) is 47.7 Å². The molecule has 5 aliphatic heterocycles. The van der Waals surface area contributed by atoms with Gasteiger partial charge in [-0.3, -0.25) is 24.1 Å². The van der Waals surface area contributed by atoms with Crippen LogP contribution in [-0.2, 0) is 33.3 Å². The molecular weight excluding hydrogens is 889 g/mol. The van der Waals surface area contributed by atoms with Gasteiger partial charge >= 0.3 is 11.8 Å². The number of nitrogens with zero attached hydrogens (tertiary/aromatic N) is 3. The fraction of sp³-hybridized carbons (Fsp3) is 0.558. The number of aliphatic hydroxyl groups is 4. The van der Waals surface area contributed by atoms with Gasteiger partial charge in [0.15, 0.2) is 28.8 Å². The normalized spacial score (nSPS) is 34.8. The molecule has 8 aliphatic rings. The average Bonchev–Trinajstić information content (AvgIpc) is 3.42. The fourth-order valence-corrected chi connectivity index (χ4v) is 10.9. The fourth-order valence-electron chi connectivity index (χ4n) is 10.9. The molecule has 3 aliphatic carbocycles. The van der Waals surface area contributed by atoms with Crippen LogP contribution in [0.3, 0.4) is 0 Å². The molecule has 8 rings (SSSR count). The predicted molar refractivity (Wildman–Crippen MR) is 254 cm³/mol. The molecule has 0 spiro atoms. The van der Waals surface area contributed by atoms with Gasteiger partial charge in [-0.15, -0.1) is 0 Å². The molecule has 0 aromatic rings. The number of likely N-dealkylation sites (tertiary alicyclic amines) is 1. The summed E-state index contributed by atoms with van der Waals surface area (Å²) < 4.78 is 30.7. The first kappa shape index (κ1) is 49.7. The van der Waals surface area contributed by atoms with Crippen LogP contribution >= 0.6 is 0 Å². The second-order valence-electron chi connectivity index (χ2n) is 19.9. The van der Waals surface area contributed by atoms with Crippen molar-refractivity contribution in [2.45, 2.75) is 123 Å². The van der Waals surface area contributed by atoms with E-state index < -0.39 is 100 Å². The van der Waals surface area contributed by atoms with E-state index in [4.69, 9.17) is 28.3 Å². The number of ketones is 1. The van der Waals surface area contributed by atoms with Gasteiger partial charge in [-0.2, -0.15) is 0 Å². The number of aliphatic hydroxyl groups excluding tert-OH is 4. The summed E-state index contributed by atoms with van der Waals surface area (Å²) >= 11 is 0. The van der Waals surface area contributed by atoms with Crippen LogP contribution in [0.2, 0.25) is 0 Å². The third-order valence-corrected chi connectivity index (χ3v) is 15.2. The Kier molecular flexibility index (Phi) is 14.1. The number of hydrogen-bond donors (Lipinski definition) is 5. The first-order valence-corrected chi connectivity index (χ1v) is 24.1. The van der Waals surface area contributed by atoms with Crippen molar-refractivity contribution < 1.29 is 58.2 Å². The highest BCUT2D eigenvalue weighted by Crippen LogP contribution is 2.56. The highest BCUT2D eigenvalue weighted by atomic mass is 16.7. The lowest BCUT2D eigenvalue weighted by molar-refractivity contribution is -0.160. The summed E-state index contributed by atoms with van der Waals surface area (Å²) in [4.78, 5) is 64.7. The molecule has 17 nitrogen and oxygen atoms in total. The Hall–Kier alpha value is -5.75. The zero-order chi connectivity index (χ0) is 49.8. The van der Waals surface area contributed by atoms with Gasteiger partial charge < -0.3 is 54.0 Å². The third-order valence-electron chi connectivity index (χ3n) is 15.2. The van der Waals surface area contributed by atoms with Crippen molar-refractivity contribution in [2.24, 2.45) is 29.6 Å². The summed E-state index contributed by atoms with van der Waals surface area (Å²) in [5.41, 5.74) is 0.181. The number of aromatic nitrogens is 1. The van der Waals surface area contributed by atoms with E-state index in [0.717, 1.165) is 39.0 Å². The van der Waals surface area contributed by atoms with Gasteiger partial charge in [-0.05, 0) is 45.9 Å². The molecule has 0 radical (unpaired) electrons. The summed E-state index contributed by atoms with van der Waals surface area (Å²) in [5, 5.41) is 50.4. The van der Waals surface area contributed by atoms with Crippen LogP contribution in [0.5, 0.6) is 0 Å². The highest BCUT2D eigenvalue weighted by Gasteiger charge is 2.58. The second-order valence-corrected chi connectivity index (χ2v) is 19.9. The quantitative estimate of drug-likeness (QED) is 0.224. The number of benzene rings is 1. The molecule has 1 amide bonds. The van der Waals surface area contributed by atoms with E-state index in [1.165, 1.54) is 65.2 Å². The van der Waals surface area contributed by atoms with Crippen molar-refractivity contribution in [3.05, 3.63) is 98.4 Å². The topological polar surface area (TPSA) is 231 Å². The van der Waals surface area contributed by atoms with Crippen LogP contribution < -0.4 is 15.6 Å². The number of Topliss-reactive ketones (excluding diaryl/α,β-unsaturated/α-hetero) is 1. The molecule has 5 heterocycles. The maximum Gasteiger partial charge on any atom is 0.306 e. The van der Waals surface area contributed by atoms with Gasteiger partial charge in [-0.1, -0.05) is 58.8 Å². The number of carbonyl (C=O) groups is 3. The zero-order valence-corrected chi connectivity index (χ0v) is 40.9. The minimum absolute atomic E-state index is 0.00655. The number of fused-ring (bicyclic) bond motifs is 2. The summed E-state index contributed by atoms with van der Waals surface area (Å²) in [6, 6.07) is 3.58. The van der Waals surface area contributed by atoms with Crippen molar-refractivity contribution in [1.82, 2.24) is 15.2 Å². The van der Waals surface area contributed by atoms with E-state index >= 15 is 0 Å². The minimum Gasteiger partial charge on any atom is -0.509 e. The second kappa shape index (κ2) is 19.6. The van der Waals surface area contributed by atoms with Gasteiger partial charge in [0.1, 0.15) is 23.3 Å². The molecule has 2 fully saturated rings. The summed E-state index contributed by atoms with van der Waals surface area (Å²) in [6.07, 6.45) is 8.47. The van der Waals surface area contributed by atoms with Gasteiger partial charge in [0, 0.05) is 92.7 Å². The number of nitrogens with one attached hydrogen (secondary N) is 1. The molecule has 5 N–H and O–H groups in total. The zero-order valence-electron chi connectivity index (χ0n) is 40.9. The number of methoxy groups -OCH3 is 1. The van der Waals surface area contributed by atoms with E-state index in [9.17, 15) is 39.6 Å². The smallest absolute Gasteiger partial charge is 0.306 e. The first-order chi connectivity index (χ1) is 32.8. The number of allylic oxidation sites excluding steroid dienone is 5. The minimum atomic E-state index is -1.95. The van der Waals surface area contributed by atoms with Gasteiger partial charge in [0.25, 0.3) is 5.91 Å². The van der Waals surface area contributed by atoms with E-state index in [-0.39, 0.29) is 51.1 Å². The number of hydrogen-bond acceptors (Lipinski definition) is 16. The maximum absolute atomic E-state index is 14.5. The molecule has 2 unspecified atom stereocenters. The molecule has 69 heavy (non-hydrogen) atoms. The van der Waals surface area contributed by atoms with Crippen molar-refractivity contribution in [3.63, 3.8) is 0 Å². The lowest BCUT2D eigenvalue weighted by Crippen LogP contribution is -2.59. The summed E-state index contributed by atoms with van der Waals surface area (Å²) in [5.74, 6) is -10.1. The SMILES string of the molecule is CO[C@H]1/C=C/O[C@@]2(C)OC3=C(C)C(=O)C4C(O)=C(NC(=O)/C(C)=C\C=C\[C@H](C)[C@H](O)[C@@H](C)[C@@H](O)[C@@H](C)[C@H](OC(C)=O)[C@@H]1C)c1oc5cc(N6CC(N7CCCCCC7)C6)cc(=O)c-5nc1C4C3=C2O. The Labute approximate surface area is 402 Å². The Bertz CT molecular complexity index is 2580. The standard InChI is InChI=1S/C52H66N4O13/c1-25-15-14-16-26(2)51(64)54-42-46(62)38-37(41-49(42)68-36-22-32(21-34(58)40(36)53-41)56-23-33(24-56)55-18-12-10-11-13-19-55)39-48(30(6)45(38)61)69-52(8,50(39)63)66-20-17-35(65-9)27(3)47(67-31(7)57)29(5)44(60)28(4)43(25)59/h14-17,20-22,25,27-29,33,35,37-38,43-44,47,59-60,62-63H,10-13,18-19,23-24H2,1-9H3,(H,54,64)/b15-14+,20-17+,26-16-/t25-,27+,28+,29+,35-,37?,38?,43-,44+,47+,52-/m0/s1. The van der Waals surface area contributed by atoms with E-state index in [1.807, 2.05) is 0 Å². The molecular formula is C52H66N4O13. The van der Waals surface area contributed by atoms with Gasteiger partial charge in [0.2, 0.25) is 5.43 Å². The molecule has 2 saturated heterocycles. The predicted octanol–water partition coefficient (Wildman–Crippen LogP) is 5.93. The maximum atomic E-state index is 14.5. The van der Waals surface area contributed by atoms with Crippen molar-refractivity contribution in [3.8, 4) is 11.5 Å². The number of carbonyl (C=O) groups excluding carboxylic acids is 3. The van der Waals surface area contributed by atoms with E-state index in [0.29, 0.717) is 11.7 Å². The Balaban J connectivity index is 1.25. The first-order valence-electron chi connectivity index (χ1n) is 24.1. The van der Waals surface area contributed by atoms with Crippen molar-refractivity contribution >= 4 is 29.0 Å². The number of anilines is 1. The number of rotatable bonds is 4. The monoisotopic (exact) mass is 954 g/mol. The Morgan fingerprint density at radius 1 is 0.928 bits per heavy atom. The lowest BCUT2D eigenvalue weighted by atomic mass is 9.69. The van der Waals surface area contributed by atoms with Crippen LogP contribution in [0, 0.1) is 29.6 Å². The molecule has 0 aromatic carbocycles. The number of amides is 1. The number of esters is 1. The lowest BCUT2D eigenvalue weighted by Gasteiger charge is -2.46. The van der Waals surface area contributed by atoms with Crippen LogP contribution in [0.15, 0.2) is 85.9 Å². The van der Waals surface area contributed by atoms with Gasteiger partial charge in [-0.25, -0.2) is 4.98 Å². The molecule has 11 atom stereocenters. The molecule has 4 bridgehead atoms. The summed E-state index contributed by atoms with van der Waals surface area (Å²) in [7, 11) is 1.45. The highest BCUT2D eigenvalue weighted by molar-refractivity contribution is 6.06. The Morgan fingerprint density at radius 3 is 2.29 bits per heavy atom. The van der Waals surface area contributed by atoms with Crippen LogP contribution in [0.25, 0.3) is 17.2 Å². The van der Waals surface area contributed by atoms with Crippen LogP contribution in [0.1, 0.15) is 98.4 Å². The molecule has 17 heteroatoms. The average molecular weight is 955 g/mol. The molecule has 0 saturated carbocycles. The largest absolute Gasteiger partial charge is 0.509 e. The summed E-state index contributed by atoms with van der Waals surface area (Å²) in [6.45, 7) is 16.3. The van der Waals surface area contributed by atoms with Crippen molar-refractivity contribution in [2.75, 3.05) is 38.2 Å². The van der Waals surface area contributed by atoms with Crippen LogP contribution in [0.4, 0.5) is 5.69 Å². The van der Waals surface area contributed by atoms with E-state index in [1.54, 1.807) is 52.8 Å². The number of ether oxygens (including phenoxy) is 4. The van der Waals surface area contributed by atoms with E-state index in [2.05, 4.69) is 15.1 Å². The Morgan fingerprint density at radius 2 is 1.62 bits per heavy atom. The van der Waals surface area contributed by atoms with Crippen LogP contribution in [-0.4, -0.2) is 118 Å². The van der Waals surface area contributed by atoms with Crippen molar-refractivity contribution in [1.29, 1.82) is 0 Å². The molecule has 0 aromatic heterocycles.